The Morgan fingerprint density at radius 1 is 1.38 bits per heavy atom. The molecule has 0 bridgehead atoms. The van der Waals surface area contributed by atoms with E-state index >= 15 is 0 Å². The average Bonchev–Trinajstić information content (AvgIpc) is 2.41. The molecule has 0 aliphatic carbocycles. The summed E-state index contributed by atoms with van der Waals surface area (Å²) in [6.07, 6.45) is 1.53. The first-order chi connectivity index (χ1) is 9.85. The third kappa shape index (κ3) is 6.21. The van der Waals surface area contributed by atoms with Crippen LogP contribution in [0.2, 0.25) is 5.02 Å². The van der Waals surface area contributed by atoms with Crippen molar-refractivity contribution in [2.24, 2.45) is 15.4 Å². The van der Waals surface area contributed by atoms with Crippen LogP contribution >= 0.6 is 11.6 Å². The maximum atomic E-state index is 9.17. The van der Waals surface area contributed by atoms with E-state index in [0.717, 1.165) is 5.56 Å². The van der Waals surface area contributed by atoms with Crippen LogP contribution < -0.4 is 0 Å². The van der Waals surface area contributed by atoms with Crippen LogP contribution in [-0.2, 0) is 0 Å². The Kier molecular flexibility index (Phi) is 6.09. The van der Waals surface area contributed by atoms with Crippen LogP contribution in [0.5, 0.6) is 0 Å². The molecule has 4 nitrogen and oxygen atoms in total. The Hall–Kier alpha value is -2.17. The zero-order valence-electron chi connectivity index (χ0n) is 12.3. The van der Waals surface area contributed by atoms with Crippen molar-refractivity contribution in [1.82, 2.24) is 0 Å². The molecule has 1 unspecified atom stereocenters. The van der Waals surface area contributed by atoms with Crippen LogP contribution in [0.25, 0.3) is 0 Å². The van der Waals surface area contributed by atoms with Gasteiger partial charge >= 0.3 is 0 Å². The standard InChI is InChI=1S/C16H17ClN4/c1-16(2,3)11-21-15(9-19)14(8-18)20-10-12-5-4-6-13(17)7-12/h4-7,10,14H,11H2,1-3H3. The van der Waals surface area contributed by atoms with Crippen molar-refractivity contribution < 1.29 is 0 Å². The highest BCUT2D eigenvalue weighted by atomic mass is 35.5. The Morgan fingerprint density at radius 3 is 2.62 bits per heavy atom. The lowest BCUT2D eigenvalue weighted by Crippen LogP contribution is -2.19. The Bertz CT molecular complexity index is 627. The normalized spacial score (nSPS) is 13.7. The Balaban J connectivity index is 2.92. The largest absolute Gasteiger partial charge is 0.275 e. The van der Waals surface area contributed by atoms with E-state index < -0.39 is 6.04 Å². The fourth-order valence-electron chi connectivity index (χ4n) is 1.42. The molecule has 1 atom stereocenters. The molecular weight excluding hydrogens is 284 g/mol. The molecule has 5 heteroatoms. The summed E-state index contributed by atoms with van der Waals surface area (Å²) in [6.45, 7) is 6.52. The predicted molar refractivity (Wildman–Crippen MR) is 85.8 cm³/mol. The monoisotopic (exact) mass is 300 g/mol. The van der Waals surface area contributed by atoms with Gasteiger partial charge in [0.1, 0.15) is 6.07 Å². The molecule has 0 spiro atoms. The van der Waals surface area contributed by atoms with Gasteiger partial charge in [0.2, 0.25) is 0 Å². The zero-order valence-corrected chi connectivity index (χ0v) is 13.1. The number of halogens is 1. The van der Waals surface area contributed by atoms with Crippen LogP contribution in [-0.4, -0.2) is 24.5 Å². The van der Waals surface area contributed by atoms with Crippen molar-refractivity contribution in [3.63, 3.8) is 0 Å². The molecule has 21 heavy (non-hydrogen) atoms. The molecule has 0 aromatic heterocycles. The van der Waals surface area contributed by atoms with Crippen molar-refractivity contribution in [1.29, 1.82) is 10.5 Å². The fourth-order valence-corrected chi connectivity index (χ4v) is 1.62. The van der Waals surface area contributed by atoms with Gasteiger partial charge in [-0.2, -0.15) is 10.5 Å². The number of benzene rings is 1. The van der Waals surface area contributed by atoms with E-state index in [4.69, 9.17) is 22.1 Å². The first kappa shape index (κ1) is 16.9. The van der Waals surface area contributed by atoms with Crippen molar-refractivity contribution in [3.05, 3.63) is 34.9 Å². The SMILES string of the molecule is CC(C)(C)CN=C(C#N)C(C#N)N=Cc1cccc(Cl)c1. The molecule has 0 fully saturated rings. The first-order valence-electron chi connectivity index (χ1n) is 6.48. The van der Waals surface area contributed by atoms with E-state index in [9.17, 15) is 0 Å². The molecule has 0 heterocycles. The number of nitriles is 2. The molecule has 1 rings (SSSR count). The van der Waals surface area contributed by atoms with Gasteiger partial charge in [0, 0.05) is 17.8 Å². The van der Waals surface area contributed by atoms with E-state index in [1.54, 1.807) is 18.2 Å². The summed E-state index contributed by atoms with van der Waals surface area (Å²) in [5.41, 5.74) is 0.861. The van der Waals surface area contributed by atoms with Crippen molar-refractivity contribution >= 4 is 23.5 Å². The van der Waals surface area contributed by atoms with Crippen molar-refractivity contribution in [2.75, 3.05) is 6.54 Å². The summed E-state index contributed by atoms with van der Waals surface area (Å²) in [5, 5.41) is 18.9. The molecule has 108 valence electrons. The van der Waals surface area contributed by atoms with Crippen LogP contribution in [0, 0.1) is 28.1 Å². The van der Waals surface area contributed by atoms with Crippen LogP contribution in [0.4, 0.5) is 0 Å². The summed E-state index contributed by atoms with van der Waals surface area (Å²) in [4.78, 5) is 8.34. The highest BCUT2D eigenvalue weighted by Gasteiger charge is 2.15. The molecule has 0 N–H and O–H groups in total. The van der Waals surface area contributed by atoms with Crippen molar-refractivity contribution in [2.45, 2.75) is 26.8 Å². The number of hydrogen-bond donors (Lipinski definition) is 0. The predicted octanol–water partition coefficient (Wildman–Crippen LogP) is 3.66. The Labute approximate surface area is 130 Å². The van der Waals surface area contributed by atoms with Gasteiger partial charge < -0.3 is 0 Å². The third-order valence-corrected chi connectivity index (χ3v) is 2.68. The molecule has 0 radical (unpaired) electrons. The van der Waals surface area contributed by atoms with Gasteiger partial charge in [-0.3, -0.25) is 9.98 Å². The highest BCUT2D eigenvalue weighted by molar-refractivity contribution is 6.30. The maximum absolute atomic E-state index is 9.17. The second kappa shape index (κ2) is 7.57. The van der Waals surface area contributed by atoms with Crippen LogP contribution in [0.15, 0.2) is 34.3 Å². The summed E-state index contributed by atoms with van der Waals surface area (Å²) in [5.74, 6) is 0. The number of aliphatic imine (C=N–C) groups is 2. The molecule has 1 aromatic carbocycles. The van der Waals surface area contributed by atoms with Crippen molar-refractivity contribution in [3.8, 4) is 12.1 Å². The molecule has 0 saturated heterocycles. The molecule has 0 amide bonds. The number of nitrogens with zero attached hydrogens (tertiary/aromatic N) is 4. The zero-order chi connectivity index (χ0) is 15.9. The topological polar surface area (TPSA) is 72.3 Å². The lowest BCUT2D eigenvalue weighted by atomic mass is 9.97. The van der Waals surface area contributed by atoms with Gasteiger partial charge in [0.25, 0.3) is 0 Å². The number of hydrogen-bond acceptors (Lipinski definition) is 4. The molecule has 0 aliphatic rings. The van der Waals surface area contributed by atoms with Gasteiger partial charge in [-0.05, 0) is 23.1 Å². The third-order valence-electron chi connectivity index (χ3n) is 2.44. The van der Waals surface area contributed by atoms with Gasteiger partial charge in [-0.25, -0.2) is 0 Å². The summed E-state index contributed by atoms with van der Waals surface area (Å²) >= 11 is 5.88. The molecule has 0 aliphatic heterocycles. The quantitative estimate of drug-likeness (QED) is 0.796. The van der Waals surface area contributed by atoms with E-state index in [1.165, 1.54) is 6.21 Å². The number of rotatable bonds is 4. The van der Waals surface area contributed by atoms with E-state index in [2.05, 4.69) is 9.98 Å². The fraction of sp³-hybridized carbons (Fsp3) is 0.375. The average molecular weight is 301 g/mol. The van der Waals surface area contributed by atoms with Crippen LogP contribution in [0.3, 0.4) is 0 Å². The highest BCUT2D eigenvalue weighted by Crippen LogP contribution is 2.13. The Morgan fingerprint density at radius 2 is 2.10 bits per heavy atom. The van der Waals surface area contributed by atoms with Gasteiger partial charge in [0.05, 0.1) is 6.07 Å². The maximum Gasteiger partial charge on any atom is 0.187 e. The van der Waals surface area contributed by atoms with Gasteiger partial charge in [-0.1, -0.05) is 44.5 Å². The minimum absolute atomic E-state index is 0.0429. The first-order valence-corrected chi connectivity index (χ1v) is 6.86. The molecular formula is C16H17ClN4. The molecule has 1 aromatic rings. The summed E-state index contributed by atoms with van der Waals surface area (Å²) in [6, 6.07) is 10.2. The van der Waals surface area contributed by atoms with E-state index in [0.29, 0.717) is 11.6 Å². The van der Waals surface area contributed by atoms with Gasteiger partial charge in [0.15, 0.2) is 11.8 Å². The minimum Gasteiger partial charge on any atom is -0.275 e. The van der Waals surface area contributed by atoms with Gasteiger partial charge in [-0.15, -0.1) is 0 Å². The minimum atomic E-state index is -0.892. The second-order valence-electron chi connectivity index (χ2n) is 5.74. The second-order valence-corrected chi connectivity index (χ2v) is 6.18. The lowest BCUT2D eigenvalue weighted by molar-refractivity contribution is 0.429. The van der Waals surface area contributed by atoms with E-state index in [-0.39, 0.29) is 11.1 Å². The van der Waals surface area contributed by atoms with Crippen LogP contribution in [0.1, 0.15) is 26.3 Å². The lowest BCUT2D eigenvalue weighted by Gasteiger charge is -2.14. The summed E-state index contributed by atoms with van der Waals surface area (Å²) in [7, 11) is 0. The smallest absolute Gasteiger partial charge is 0.187 e. The molecule has 0 saturated carbocycles. The van der Waals surface area contributed by atoms with E-state index in [1.807, 2.05) is 39.0 Å². The summed E-state index contributed by atoms with van der Waals surface area (Å²) < 4.78 is 0.